The molecule has 11 heteroatoms. The molecule has 1 aromatic rings. The van der Waals surface area contributed by atoms with E-state index in [1.54, 1.807) is 20.8 Å². The normalized spacial score (nSPS) is 19.4. The van der Waals surface area contributed by atoms with Crippen LogP contribution in [0.4, 0.5) is 13.2 Å². The Hall–Kier alpha value is -1.46. The highest BCUT2D eigenvalue weighted by Crippen LogP contribution is 2.31. The number of carbonyl (C=O) groups excluding carboxylic acids is 1. The molecule has 1 fully saturated rings. The molecule has 0 bridgehead atoms. The van der Waals surface area contributed by atoms with Gasteiger partial charge in [-0.3, -0.25) is 4.79 Å². The summed E-state index contributed by atoms with van der Waals surface area (Å²) in [5.74, 6) is -0.788. The maximum Gasteiger partial charge on any atom is 0.573 e. The minimum Gasteiger partial charge on any atom is -0.406 e. The lowest BCUT2D eigenvalue weighted by Gasteiger charge is -2.27. The molecule has 0 saturated carbocycles. The molecule has 1 saturated heterocycles. The monoisotopic (exact) mass is 412 g/mol. The highest BCUT2D eigenvalue weighted by molar-refractivity contribution is 8.00. The third kappa shape index (κ3) is 5.27. The summed E-state index contributed by atoms with van der Waals surface area (Å²) in [6, 6.07) is 3.19. The van der Waals surface area contributed by atoms with Crippen LogP contribution in [0.5, 0.6) is 5.75 Å². The van der Waals surface area contributed by atoms with Crippen molar-refractivity contribution in [1.82, 2.24) is 9.62 Å². The van der Waals surface area contributed by atoms with Gasteiger partial charge in [-0.15, -0.1) is 24.9 Å². The number of alkyl halides is 3. The number of nitrogens with zero attached hydrogens (tertiary/aromatic N) is 1. The Kier molecular flexibility index (Phi) is 5.83. The van der Waals surface area contributed by atoms with Gasteiger partial charge in [-0.2, -0.15) is 4.31 Å². The number of nitrogens with one attached hydrogen (secondary N) is 1. The summed E-state index contributed by atoms with van der Waals surface area (Å²) >= 11 is 1.26. The Morgan fingerprint density at radius 2 is 1.96 bits per heavy atom. The second-order valence-electron chi connectivity index (χ2n) is 6.67. The minimum absolute atomic E-state index is 0.0366. The number of hydrogen-bond acceptors (Lipinski definition) is 5. The van der Waals surface area contributed by atoms with Crippen molar-refractivity contribution < 1.29 is 31.1 Å². The third-order valence-electron chi connectivity index (χ3n) is 3.29. The lowest BCUT2D eigenvalue weighted by atomic mass is 10.1. The fraction of sp³-hybridized carbons (Fsp3) is 0.533. The van der Waals surface area contributed by atoms with Crippen molar-refractivity contribution in [3.05, 3.63) is 24.3 Å². The van der Waals surface area contributed by atoms with E-state index in [1.165, 1.54) is 17.8 Å². The van der Waals surface area contributed by atoms with Crippen LogP contribution in [0.25, 0.3) is 0 Å². The molecule has 1 amide bonds. The third-order valence-corrected chi connectivity index (χ3v) is 6.31. The van der Waals surface area contributed by atoms with Gasteiger partial charge in [0.25, 0.3) is 0 Å². The van der Waals surface area contributed by atoms with Gasteiger partial charge in [0, 0.05) is 17.4 Å². The Morgan fingerprint density at radius 3 is 2.54 bits per heavy atom. The number of carbonyl (C=O) groups is 1. The van der Waals surface area contributed by atoms with E-state index in [4.69, 9.17) is 0 Å². The molecule has 146 valence electrons. The van der Waals surface area contributed by atoms with Gasteiger partial charge in [-0.05, 0) is 32.9 Å². The Labute approximate surface area is 154 Å². The number of rotatable bonds is 4. The molecule has 0 radical (unpaired) electrons. The van der Waals surface area contributed by atoms with Crippen LogP contribution in [-0.2, 0) is 14.8 Å². The van der Waals surface area contributed by atoms with E-state index in [0.717, 1.165) is 22.5 Å². The van der Waals surface area contributed by atoms with Gasteiger partial charge in [0.15, 0.2) is 0 Å². The van der Waals surface area contributed by atoms with E-state index in [0.29, 0.717) is 0 Å². The first-order valence-electron chi connectivity index (χ1n) is 7.57. The first kappa shape index (κ1) is 20.8. The Morgan fingerprint density at radius 1 is 1.31 bits per heavy atom. The number of ether oxygens (including phenoxy) is 1. The van der Waals surface area contributed by atoms with E-state index >= 15 is 0 Å². The zero-order valence-electron chi connectivity index (χ0n) is 14.3. The largest absolute Gasteiger partial charge is 0.573 e. The topological polar surface area (TPSA) is 75.7 Å². The summed E-state index contributed by atoms with van der Waals surface area (Å²) in [6.07, 6.45) is -4.93. The van der Waals surface area contributed by atoms with Gasteiger partial charge in [0.05, 0.1) is 10.8 Å². The van der Waals surface area contributed by atoms with Gasteiger partial charge in [-0.25, -0.2) is 8.42 Å². The van der Waals surface area contributed by atoms with E-state index in [2.05, 4.69) is 10.1 Å². The van der Waals surface area contributed by atoms with Crippen molar-refractivity contribution >= 4 is 27.7 Å². The molecule has 0 spiro atoms. The van der Waals surface area contributed by atoms with Crippen molar-refractivity contribution in [2.75, 3.05) is 11.6 Å². The summed E-state index contributed by atoms with van der Waals surface area (Å²) in [5.41, 5.74) is -0.541. The van der Waals surface area contributed by atoms with Gasteiger partial charge in [0.1, 0.15) is 11.8 Å². The predicted molar refractivity (Wildman–Crippen MR) is 91.2 cm³/mol. The van der Waals surface area contributed by atoms with E-state index in [1.807, 2.05) is 0 Å². The minimum atomic E-state index is -4.93. The maximum atomic E-state index is 12.8. The fourth-order valence-electron chi connectivity index (χ4n) is 2.29. The Bertz CT molecular complexity index is 776. The predicted octanol–water partition coefficient (Wildman–Crippen LogP) is 2.56. The molecule has 1 aromatic carbocycles. The second kappa shape index (κ2) is 7.28. The molecule has 0 aliphatic carbocycles. The molecule has 1 unspecified atom stereocenters. The van der Waals surface area contributed by atoms with Crippen molar-refractivity contribution in [2.45, 2.75) is 43.6 Å². The van der Waals surface area contributed by atoms with Crippen LogP contribution in [0, 0.1) is 0 Å². The molecule has 0 aromatic heterocycles. The molecule has 1 atom stereocenters. The van der Waals surface area contributed by atoms with E-state index in [9.17, 15) is 26.4 Å². The SMILES string of the molecule is CC(C)(C)NC(=O)C1CSCN1S(=O)(=O)c1cccc(OC(F)(F)F)c1. The average molecular weight is 412 g/mol. The number of sulfonamides is 1. The number of thioether (sulfide) groups is 1. The zero-order valence-corrected chi connectivity index (χ0v) is 16.0. The summed E-state index contributed by atoms with van der Waals surface area (Å²) in [5, 5.41) is 2.73. The number of amides is 1. The van der Waals surface area contributed by atoms with Crippen LogP contribution in [0.15, 0.2) is 29.2 Å². The Balaban J connectivity index is 2.28. The van der Waals surface area contributed by atoms with Crippen LogP contribution < -0.4 is 10.1 Å². The van der Waals surface area contributed by atoms with Crippen LogP contribution in [-0.4, -0.2) is 48.2 Å². The van der Waals surface area contributed by atoms with Crippen LogP contribution in [0.3, 0.4) is 0 Å². The van der Waals surface area contributed by atoms with Crippen LogP contribution >= 0.6 is 11.8 Å². The van der Waals surface area contributed by atoms with Crippen molar-refractivity contribution in [3.8, 4) is 5.75 Å². The average Bonchev–Trinajstić information content (AvgIpc) is 2.94. The smallest absolute Gasteiger partial charge is 0.406 e. The van der Waals surface area contributed by atoms with E-state index < -0.39 is 39.6 Å². The molecule has 1 aliphatic rings. The first-order chi connectivity index (χ1) is 11.8. The molecular formula is C15H19F3N2O4S2. The molecule has 1 heterocycles. The number of benzene rings is 1. The fourth-order valence-corrected chi connectivity index (χ4v) is 5.48. The molecular weight excluding hydrogens is 393 g/mol. The molecule has 26 heavy (non-hydrogen) atoms. The number of hydrogen-bond donors (Lipinski definition) is 1. The highest BCUT2D eigenvalue weighted by Gasteiger charge is 2.41. The summed E-state index contributed by atoms with van der Waals surface area (Å²) in [7, 11) is -4.16. The number of halogens is 3. The zero-order chi connectivity index (χ0) is 19.8. The lowest BCUT2D eigenvalue weighted by molar-refractivity contribution is -0.274. The highest BCUT2D eigenvalue weighted by atomic mass is 32.2. The molecule has 1 aliphatic heterocycles. The summed E-state index contributed by atoms with van der Waals surface area (Å²) < 4.78 is 67.5. The lowest BCUT2D eigenvalue weighted by Crippen LogP contribution is -2.52. The maximum absolute atomic E-state index is 12.8. The molecule has 1 N–H and O–H groups in total. The van der Waals surface area contributed by atoms with Crippen molar-refractivity contribution in [1.29, 1.82) is 0 Å². The van der Waals surface area contributed by atoms with Gasteiger partial charge in [0.2, 0.25) is 15.9 Å². The quantitative estimate of drug-likeness (QED) is 0.823. The van der Waals surface area contributed by atoms with Crippen molar-refractivity contribution in [3.63, 3.8) is 0 Å². The van der Waals surface area contributed by atoms with E-state index in [-0.39, 0.29) is 16.5 Å². The van der Waals surface area contributed by atoms with Crippen LogP contribution in [0.1, 0.15) is 20.8 Å². The second-order valence-corrected chi connectivity index (χ2v) is 9.56. The molecule has 2 rings (SSSR count). The summed E-state index contributed by atoms with van der Waals surface area (Å²) in [4.78, 5) is 12.0. The first-order valence-corrected chi connectivity index (χ1v) is 10.2. The van der Waals surface area contributed by atoms with Crippen LogP contribution in [0.2, 0.25) is 0 Å². The van der Waals surface area contributed by atoms with Gasteiger partial charge in [-0.1, -0.05) is 6.07 Å². The molecule has 6 nitrogen and oxygen atoms in total. The van der Waals surface area contributed by atoms with Gasteiger partial charge < -0.3 is 10.1 Å². The standard InChI is InChI=1S/C15H19F3N2O4S2/c1-14(2,3)19-13(21)12-8-25-9-20(12)26(22,23)11-6-4-5-10(7-11)24-15(16,17)18/h4-7,12H,8-9H2,1-3H3,(H,19,21). The van der Waals surface area contributed by atoms with Crippen molar-refractivity contribution in [2.24, 2.45) is 0 Å². The van der Waals surface area contributed by atoms with Gasteiger partial charge >= 0.3 is 6.36 Å². The summed E-state index contributed by atoms with van der Waals surface area (Å²) in [6.45, 7) is 5.30.